The number of fused-ring (bicyclic) bond motifs is 2. The molecule has 7 aromatic rings. The Hall–Kier alpha value is -7.46. The second-order valence-corrected chi connectivity index (χ2v) is 19.1. The van der Waals surface area contributed by atoms with E-state index in [0.717, 1.165) is 98.1 Å². The molecule has 0 saturated carbocycles. The fourth-order valence-electron chi connectivity index (χ4n) is 6.79. The fraction of sp³-hybridized carbons (Fsp3) is 0.296. The van der Waals surface area contributed by atoms with Crippen LogP contribution < -0.4 is 21.3 Å². The highest BCUT2D eigenvalue weighted by Gasteiger charge is 2.40. The number of nitrogens with one attached hydrogen (secondary N) is 4. The molecule has 4 aromatic carbocycles. The van der Waals surface area contributed by atoms with Crippen molar-refractivity contribution < 1.29 is 92.3 Å². The van der Waals surface area contributed by atoms with Gasteiger partial charge in [-0.05, 0) is 122 Å². The number of nitrogens with zero attached hydrogens (tertiary/aromatic N) is 2. The maximum atomic E-state index is 10.6. The number of alkyl halides is 12. The SMILES string of the molecule is Clc1ccc2c(NCCCCCNCc3ccc(-c4ccc(-c5ccc(CNCCCCCNc6ccnc7cc(Cl)ccc67)cc5)s4)cc3)ccnc2c1.O=C(O)C(F)(F)F.O=C(O)C(F)(F)F.O=C(O)C(F)(F)F.O=C(O)C(F)(F)F. The van der Waals surface area contributed by atoms with Gasteiger partial charge >= 0.3 is 48.6 Å². The molecule has 0 amide bonds. The largest absolute Gasteiger partial charge is 0.490 e. The monoisotopic (exact) mass is 1240 g/mol. The Bertz CT molecular complexity index is 2910. The van der Waals surface area contributed by atoms with Crippen molar-refractivity contribution in [3.63, 3.8) is 0 Å². The number of thiophene rings is 1. The van der Waals surface area contributed by atoms with E-state index in [0.29, 0.717) is 10.0 Å². The molecule has 0 radical (unpaired) electrons. The first-order chi connectivity index (χ1) is 38.9. The van der Waals surface area contributed by atoms with Gasteiger partial charge in [0.05, 0.1) is 11.0 Å². The molecule has 450 valence electrons. The summed E-state index contributed by atoms with van der Waals surface area (Å²) in [5, 5.41) is 46.5. The molecule has 8 N–H and O–H groups in total. The van der Waals surface area contributed by atoms with Crippen LogP contribution >= 0.6 is 34.5 Å². The molecule has 14 nitrogen and oxygen atoms in total. The normalized spacial score (nSPS) is 11.3. The van der Waals surface area contributed by atoms with Crippen LogP contribution in [-0.2, 0) is 32.3 Å². The molecular weight excluding hydrogens is 1190 g/mol. The van der Waals surface area contributed by atoms with Crippen molar-refractivity contribution in [2.24, 2.45) is 0 Å². The number of anilines is 2. The standard InChI is InChI=1S/C46H48Cl2N6S.4C2HF3O2/c47-37-15-17-39-41(21-27-53-43(39)29-37)51-25-5-1-3-23-49-31-33-7-11-35(12-8-33)45-19-20-46(55-45)36-13-9-34(10-14-36)32-50-24-4-2-6-26-52-42-22-28-54-44-30-38(48)16-18-40(42)44;4*3-2(4,5)1(6)7/h7-22,27-30,49-50H,1-6,23-26,31-32H2,(H,51,53)(H,52,54);4*(H,6,7). The van der Waals surface area contributed by atoms with E-state index in [-0.39, 0.29) is 0 Å². The lowest BCUT2D eigenvalue weighted by molar-refractivity contribution is -0.193. The average molecular weight is 1240 g/mol. The predicted molar refractivity (Wildman–Crippen MR) is 292 cm³/mol. The highest BCUT2D eigenvalue weighted by molar-refractivity contribution is 7.18. The van der Waals surface area contributed by atoms with Crippen LogP contribution in [-0.4, -0.2) is 105 Å². The second kappa shape index (κ2) is 33.6. The third-order valence-electron chi connectivity index (χ3n) is 10.8. The number of hydrogen-bond donors (Lipinski definition) is 8. The summed E-state index contributed by atoms with van der Waals surface area (Å²) in [6, 6.07) is 38.3. The molecule has 0 aliphatic rings. The van der Waals surface area contributed by atoms with Gasteiger partial charge in [0.25, 0.3) is 0 Å². The van der Waals surface area contributed by atoms with E-state index in [4.69, 9.17) is 62.8 Å². The summed E-state index contributed by atoms with van der Waals surface area (Å²) in [7, 11) is 0. The molecular formula is C54H52Cl2F12N6O8S. The minimum absolute atomic E-state index is 0.714. The number of carboxylic acids is 4. The average Bonchev–Trinajstić information content (AvgIpc) is 4.14. The van der Waals surface area contributed by atoms with E-state index >= 15 is 0 Å². The molecule has 0 bridgehead atoms. The van der Waals surface area contributed by atoms with Crippen molar-refractivity contribution in [2.75, 3.05) is 36.8 Å². The van der Waals surface area contributed by atoms with Gasteiger partial charge in [-0.2, -0.15) is 52.7 Å². The second-order valence-electron chi connectivity index (χ2n) is 17.1. The van der Waals surface area contributed by atoms with Gasteiger partial charge in [-0.3, -0.25) is 9.97 Å². The van der Waals surface area contributed by atoms with Crippen molar-refractivity contribution in [3.8, 4) is 20.9 Å². The molecule has 0 aliphatic heterocycles. The van der Waals surface area contributed by atoms with Gasteiger partial charge in [0.1, 0.15) is 0 Å². The van der Waals surface area contributed by atoms with Crippen molar-refractivity contribution in [3.05, 3.63) is 143 Å². The lowest BCUT2D eigenvalue weighted by atomic mass is 10.1. The Balaban J connectivity index is 0.000000530. The molecule has 0 aliphatic carbocycles. The van der Waals surface area contributed by atoms with Crippen molar-refractivity contribution in [2.45, 2.75) is 76.3 Å². The van der Waals surface area contributed by atoms with E-state index in [2.05, 4.69) is 91.9 Å². The third-order valence-corrected chi connectivity index (χ3v) is 12.5. The maximum Gasteiger partial charge on any atom is 0.490 e. The molecule has 0 fully saturated rings. The summed E-state index contributed by atoms with van der Waals surface area (Å²) < 4.78 is 127. The first-order valence-corrected chi connectivity index (χ1v) is 25.9. The van der Waals surface area contributed by atoms with Gasteiger partial charge in [0.2, 0.25) is 0 Å². The third kappa shape index (κ3) is 26.6. The molecule has 7 rings (SSSR count). The minimum Gasteiger partial charge on any atom is -0.475 e. The van der Waals surface area contributed by atoms with Crippen LogP contribution in [0.2, 0.25) is 10.0 Å². The number of pyridine rings is 2. The fourth-order valence-corrected chi connectivity index (χ4v) is 8.14. The van der Waals surface area contributed by atoms with Crippen LogP contribution in [0.25, 0.3) is 42.7 Å². The Morgan fingerprint density at radius 3 is 1.02 bits per heavy atom. The number of hydrogen-bond acceptors (Lipinski definition) is 11. The quantitative estimate of drug-likeness (QED) is 0.0263. The number of aliphatic carboxylic acids is 4. The highest BCUT2D eigenvalue weighted by Crippen LogP contribution is 2.35. The zero-order chi connectivity index (χ0) is 62.0. The van der Waals surface area contributed by atoms with Crippen LogP contribution in [0.3, 0.4) is 0 Å². The molecule has 83 heavy (non-hydrogen) atoms. The summed E-state index contributed by atoms with van der Waals surface area (Å²) >= 11 is 14.1. The molecule has 3 heterocycles. The van der Waals surface area contributed by atoms with Gasteiger partial charge in [0.15, 0.2) is 0 Å². The van der Waals surface area contributed by atoms with Gasteiger partial charge in [0, 0.05) is 80.5 Å². The Labute approximate surface area is 479 Å². The van der Waals surface area contributed by atoms with Crippen molar-refractivity contribution in [1.82, 2.24) is 20.6 Å². The van der Waals surface area contributed by atoms with E-state index in [9.17, 15) is 52.7 Å². The first-order valence-electron chi connectivity index (χ1n) is 24.3. The number of unbranched alkanes of at least 4 members (excludes halogenated alkanes) is 4. The summed E-state index contributed by atoms with van der Waals surface area (Å²) in [4.78, 5) is 47.0. The first kappa shape index (κ1) is 69.8. The topological polar surface area (TPSA) is 223 Å². The van der Waals surface area contributed by atoms with Gasteiger partial charge in [-0.1, -0.05) is 84.6 Å². The van der Waals surface area contributed by atoms with E-state index in [1.807, 2.05) is 72.3 Å². The molecule has 29 heteroatoms. The van der Waals surface area contributed by atoms with Crippen LogP contribution in [0.4, 0.5) is 64.1 Å². The molecule has 0 spiro atoms. The molecule has 0 unspecified atom stereocenters. The van der Waals surface area contributed by atoms with Gasteiger partial charge in [-0.25, -0.2) is 19.2 Å². The Morgan fingerprint density at radius 1 is 0.422 bits per heavy atom. The number of halogens is 14. The maximum absolute atomic E-state index is 10.6. The minimum atomic E-state index is -5.08. The zero-order valence-corrected chi connectivity index (χ0v) is 45.4. The van der Waals surface area contributed by atoms with Gasteiger partial charge in [-0.15, -0.1) is 11.3 Å². The lowest BCUT2D eigenvalue weighted by Gasteiger charge is -2.10. The molecule has 3 aromatic heterocycles. The Morgan fingerprint density at radius 2 is 0.723 bits per heavy atom. The number of benzene rings is 4. The van der Waals surface area contributed by atoms with Crippen molar-refractivity contribution >= 4 is 91.6 Å². The predicted octanol–water partition coefficient (Wildman–Crippen LogP) is 14.8. The smallest absolute Gasteiger partial charge is 0.475 e. The van der Waals surface area contributed by atoms with E-state index in [1.165, 1.54) is 44.8 Å². The van der Waals surface area contributed by atoms with Gasteiger partial charge < -0.3 is 41.7 Å². The van der Waals surface area contributed by atoms with Crippen molar-refractivity contribution in [1.29, 1.82) is 0 Å². The van der Waals surface area contributed by atoms with Crippen LogP contribution in [0.1, 0.15) is 49.7 Å². The van der Waals surface area contributed by atoms with Crippen LogP contribution in [0, 0.1) is 0 Å². The number of carbonyl (C=O) groups is 4. The number of aromatic nitrogens is 2. The lowest BCUT2D eigenvalue weighted by Crippen LogP contribution is -2.21. The highest BCUT2D eigenvalue weighted by atomic mass is 35.5. The summed E-state index contributed by atoms with van der Waals surface area (Å²) in [5.74, 6) is -11.0. The Kier molecular flexibility index (Phi) is 28.3. The van der Waals surface area contributed by atoms with Crippen LogP contribution in [0.15, 0.2) is 122 Å². The van der Waals surface area contributed by atoms with E-state index < -0.39 is 48.6 Å². The molecule has 0 saturated heterocycles. The summed E-state index contributed by atoms with van der Waals surface area (Å²) in [6.45, 7) is 5.70. The molecule has 0 atom stereocenters. The zero-order valence-electron chi connectivity index (χ0n) is 43.0. The van der Waals surface area contributed by atoms with Crippen LogP contribution in [0.5, 0.6) is 0 Å². The van der Waals surface area contributed by atoms with E-state index in [1.54, 1.807) is 0 Å². The summed E-state index contributed by atoms with van der Waals surface area (Å²) in [6.07, 6.45) is -9.74. The summed E-state index contributed by atoms with van der Waals surface area (Å²) in [5.41, 5.74) is 9.25. The number of carboxylic acid groups (broad SMARTS) is 4. The number of rotatable bonds is 20.